The molecule has 6 nitrogen and oxygen atoms in total. The molecular formula is C40H40O6. The highest BCUT2D eigenvalue weighted by atomic mass is 16.5. The van der Waals surface area contributed by atoms with Crippen LogP contribution in [-0.4, -0.2) is 11.9 Å². The van der Waals surface area contributed by atoms with Crippen LogP contribution in [0.3, 0.4) is 0 Å². The molecule has 0 saturated heterocycles. The van der Waals surface area contributed by atoms with Gasteiger partial charge in [-0.15, -0.1) is 0 Å². The fraction of sp³-hybridized carbons (Fsp3) is 0.250. The van der Waals surface area contributed by atoms with Gasteiger partial charge in [-0.3, -0.25) is 0 Å². The molecule has 4 aromatic carbocycles. The van der Waals surface area contributed by atoms with Gasteiger partial charge in [-0.1, -0.05) is 57.2 Å². The summed E-state index contributed by atoms with van der Waals surface area (Å²) in [6, 6.07) is 30.7. The summed E-state index contributed by atoms with van der Waals surface area (Å²) in [6.07, 6.45) is 8.15. The molecule has 0 atom stereocenters. The summed E-state index contributed by atoms with van der Waals surface area (Å²) in [5, 5.41) is 0. The zero-order valence-electron chi connectivity index (χ0n) is 26.5. The van der Waals surface area contributed by atoms with Crippen LogP contribution in [0.1, 0.15) is 63.5 Å². The van der Waals surface area contributed by atoms with Crippen molar-refractivity contribution in [1.82, 2.24) is 0 Å². The van der Waals surface area contributed by atoms with Crippen LogP contribution in [0.15, 0.2) is 122 Å². The highest BCUT2D eigenvalue weighted by Crippen LogP contribution is 2.48. The van der Waals surface area contributed by atoms with Crippen LogP contribution < -0.4 is 18.9 Å². The van der Waals surface area contributed by atoms with Gasteiger partial charge in [0.15, 0.2) is 0 Å². The number of carbonyl (C=O) groups is 2. The van der Waals surface area contributed by atoms with E-state index in [1.807, 2.05) is 24.3 Å². The molecular weight excluding hydrogens is 576 g/mol. The van der Waals surface area contributed by atoms with E-state index in [2.05, 4.69) is 44.3 Å². The molecule has 5 rings (SSSR count). The third-order valence-electron chi connectivity index (χ3n) is 8.53. The molecule has 0 spiro atoms. The zero-order valence-corrected chi connectivity index (χ0v) is 26.5. The second-order valence-electron chi connectivity index (χ2n) is 11.8. The molecule has 46 heavy (non-hydrogen) atoms. The fourth-order valence-corrected chi connectivity index (χ4v) is 6.07. The standard InChI is InChI=1S/C40H40O6/c1-5-7-29-24-26-40(27-25-29,30-8-12-32(13-9-30)43-34-16-20-36(21-17-34)45-38(41)6-2)31-10-14-33(15-11-31)44-35-18-22-37(23-19-35)46-39(42)28(3)4/h6,8-23,29H,2-3,5,7,24-27H2,1,4H3. The lowest BCUT2D eigenvalue weighted by Crippen LogP contribution is -2.33. The van der Waals surface area contributed by atoms with E-state index in [1.54, 1.807) is 55.5 Å². The van der Waals surface area contributed by atoms with Gasteiger partial charge in [-0.2, -0.15) is 0 Å². The minimum atomic E-state index is -0.501. The Bertz CT molecular complexity index is 1640. The molecule has 1 fully saturated rings. The maximum absolute atomic E-state index is 11.8. The van der Waals surface area contributed by atoms with Gasteiger partial charge in [-0.05, 0) is 122 Å². The second kappa shape index (κ2) is 14.8. The van der Waals surface area contributed by atoms with Crippen molar-refractivity contribution in [1.29, 1.82) is 0 Å². The maximum Gasteiger partial charge on any atom is 0.338 e. The van der Waals surface area contributed by atoms with Crippen LogP contribution >= 0.6 is 0 Å². The van der Waals surface area contributed by atoms with Crippen LogP contribution in [0.5, 0.6) is 34.5 Å². The highest BCUT2D eigenvalue weighted by Gasteiger charge is 2.38. The van der Waals surface area contributed by atoms with E-state index in [0.29, 0.717) is 28.6 Å². The second-order valence-corrected chi connectivity index (χ2v) is 11.8. The van der Waals surface area contributed by atoms with E-state index < -0.39 is 11.9 Å². The Labute approximate surface area is 271 Å². The molecule has 236 valence electrons. The van der Waals surface area contributed by atoms with Crippen molar-refractivity contribution >= 4 is 11.9 Å². The highest BCUT2D eigenvalue weighted by molar-refractivity contribution is 5.88. The van der Waals surface area contributed by atoms with Gasteiger partial charge in [0.25, 0.3) is 0 Å². The van der Waals surface area contributed by atoms with Gasteiger partial charge in [0.2, 0.25) is 0 Å². The third kappa shape index (κ3) is 7.94. The van der Waals surface area contributed by atoms with Gasteiger partial charge in [0.1, 0.15) is 34.5 Å². The summed E-state index contributed by atoms with van der Waals surface area (Å²) in [5.41, 5.74) is 2.79. The minimum absolute atomic E-state index is 0.104. The Kier molecular flexibility index (Phi) is 10.4. The van der Waals surface area contributed by atoms with E-state index in [0.717, 1.165) is 36.3 Å². The van der Waals surface area contributed by atoms with E-state index in [9.17, 15) is 9.59 Å². The molecule has 1 aliphatic carbocycles. The summed E-state index contributed by atoms with van der Waals surface area (Å²) >= 11 is 0. The maximum atomic E-state index is 11.8. The minimum Gasteiger partial charge on any atom is -0.457 e. The number of ether oxygens (including phenoxy) is 4. The summed E-state index contributed by atoms with van der Waals surface area (Å²) in [4.78, 5) is 23.2. The number of hydrogen-bond donors (Lipinski definition) is 0. The van der Waals surface area contributed by atoms with Crippen LogP contribution in [-0.2, 0) is 15.0 Å². The summed E-state index contributed by atoms with van der Waals surface area (Å²) in [5.74, 6) is 3.46. The first-order valence-electron chi connectivity index (χ1n) is 15.8. The van der Waals surface area contributed by atoms with Gasteiger partial charge < -0.3 is 18.9 Å². The molecule has 0 amide bonds. The molecule has 1 saturated carbocycles. The average molecular weight is 617 g/mol. The number of hydrogen-bond acceptors (Lipinski definition) is 6. The lowest BCUT2D eigenvalue weighted by molar-refractivity contribution is -0.130. The Balaban J connectivity index is 1.31. The predicted octanol–water partition coefficient (Wildman–Crippen LogP) is 10.1. The fourth-order valence-electron chi connectivity index (χ4n) is 6.07. The quantitative estimate of drug-likeness (QED) is 0.0896. The lowest BCUT2D eigenvalue weighted by Gasteiger charge is -2.41. The summed E-state index contributed by atoms with van der Waals surface area (Å²) < 4.78 is 22.6. The number of rotatable bonds is 12. The average Bonchev–Trinajstić information content (AvgIpc) is 3.08. The normalized spacial score (nSPS) is 17.4. The van der Waals surface area contributed by atoms with Crippen molar-refractivity contribution in [3.63, 3.8) is 0 Å². The summed E-state index contributed by atoms with van der Waals surface area (Å²) in [6.45, 7) is 10.9. The first-order valence-corrected chi connectivity index (χ1v) is 15.8. The van der Waals surface area contributed by atoms with Crippen molar-refractivity contribution in [3.8, 4) is 34.5 Å². The Morgan fingerprint density at radius 1 is 0.696 bits per heavy atom. The number of esters is 2. The zero-order chi connectivity index (χ0) is 32.5. The van der Waals surface area contributed by atoms with Gasteiger partial charge in [0, 0.05) is 17.1 Å². The van der Waals surface area contributed by atoms with E-state index in [1.165, 1.54) is 36.8 Å². The molecule has 6 heteroatoms. The van der Waals surface area contributed by atoms with Crippen molar-refractivity contribution in [2.24, 2.45) is 5.92 Å². The molecule has 0 heterocycles. The van der Waals surface area contributed by atoms with Crippen LogP contribution in [0.2, 0.25) is 0 Å². The smallest absolute Gasteiger partial charge is 0.338 e. The van der Waals surface area contributed by atoms with E-state index in [4.69, 9.17) is 18.9 Å². The van der Waals surface area contributed by atoms with Gasteiger partial charge in [-0.25, -0.2) is 9.59 Å². The Hall–Kier alpha value is -5.10. The molecule has 0 unspecified atom stereocenters. The molecule has 4 aromatic rings. The lowest BCUT2D eigenvalue weighted by atomic mass is 9.62. The van der Waals surface area contributed by atoms with Crippen LogP contribution in [0.25, 0.3) is 0 Å². The molecule has 0 bridgehead atoms. The first-order chi connectivity index (χ1) is 22.3. The van der Waals surface area contributed by atoms with E-state index in [-0.39, 0.29) is 5.41 Å². The van der Waals surface area contributed by atoms with Crippen LogP contribution in [0.4, 0.5) is 0 Å². The molecule has 0 aliphatic heterocycles. The third-order valence-corrected chi connectivity index (χ3v) is 8.53. The molecule has 0 N–H and O–H groups in total. The van der Waals surface area contributed by atoms with E-state index >= 15 is 0 Å². The number of carbonyl (C=O) groups excluding carboxylic acids is 2. The first kappa shape index (κ1) is 32.3. The van der Waals surface area contributed by atoms with Gasteiger partial charge in [0.05, 0.1) is 0 Å². The monoisotopic (exact) mass is 616 g/mol. The Morgan fingerprint density at radius 2 is 1.09 bits per heavy atom. The topological polar surface area (TPSA) is 71.1 Å². The predicted molar refractivity (Wildman–Crippen MR) is 180 cm³/mol. The van der Waals surface area contributed by atoms with Crippen molar-refractivity contribution < 1.29 is 28.5 Å². The van der Waals surface area contributed by atoms with Crippen LogP contribution in [0, 0.1) is 5.92 Å². The molecule has 1 aliphatic rings. The molecule has 0 radical (unpaired) electrons. The van der Waals surface area contributed by atoms with Crippen molar-refractivity contribution in [2.75, 3.05) is 0 Å². The van der Waals surface area contributed by atoms with Gasteiger partial charge >= 0.3 is 11.9 Å². The largest absolute Gasteiger partial charge is 0.457 e. The number of benzene rings is 4. The van der Waals surface area contributed by atoms with Crippen molar-refractivity contribution in [2.45, 2.75) is 57.8 Å². The Morgan fingerprint density at radius 3 is 1.48 bits per heavy atom. The SMILES string of the molecule is C=CC(=O)Oc1ccc(Oc2ccc(C3(c4ccc(Oc5ccc(OC(=O)C(=C)C)cc5)cc4)CCC(CCC)CC3)cc2)cc1. The molecule has 0 aromatic heterocycles. The summed E-state index contributed by atoms with van der Waals surface area (Å²) in [7, 11) is 0. The van der Waals surface area contributed by atoms with Crippen molar-refractivity contribution in [3.05, 3.63) is 133 Å².